The van der Waals surface area contributed by atoms with Crippen LogP contribution in [0.3, 0.4) is 0 Å². The largest absolute Gasteiger partial charge is 0.487 e. The molecule has 174 valence electrons. The van der Waals surface area contributed by atoms with E-state index in [1.54, 1.807) is 17.3 Å². The van der Waals surface area contributed by atoms with Gasteiger partial charge in [0.2, 0.25) is 0 Å². The Morgan fingerprint density at radius 3 is 2.34 bits per heavy atom. The van der Waals surface area contributed by atoms with Gasteiger partial charge in [-0.05, 0) is 48.6 Å². The first-order chi connectivity index (χ1) is 15.5. The van der Waals surface area contributed by atoms with Crippen molar-refractivity contribution in [3.05, 3.63) is 84.2 Å². The summed E-state index contributed by atoms with van der Waals surface area (Å²) in [6, 6.07) is 11.8. The van der Waals surface area contributed by atoms with Crippen molar-refractivity contribution < 1.29 is 14.3 Å². The van der Waals surface area contributed by atoms with Crippen LogP contribution in [0.2, 0.25) is 0 Å². The van der Waals surface area contributed by atoms with Crippen LogP contribution in [0.1, 0.15) is 58.6 Å². The molecular formula is C27H38N2O3. The van der Waals surface area contributed by atoms with E-state index in [1.165, 1.54) is 0 Å². The van der Waals surface area contributed by atoms with Crippen LogP contribution in [0.15, 0.2) is 73.1 Å². The molecule has 32 heavy (non-hydrogen) atoms. The predicted molar refractivity (Wildman–Crippen MR) is 132 cm³/mol. The minimum absolute atomic E-state index is 0.237. The molecule has 0 aliphatic carbocycles. The second kappa shape index (κ2) is 14.8. The van der Waals surface area contributed by atoms with Gasteiger partial charge in [0.05, 0.1) is 12.7 Å². The fourth-order valence-electron chi connectivity index (χ4n) is 2.95. The minimum Gasteiger partial charge on any atom is -0.487 e. The van der Waals surface area contributed by atoms with Crippen molar-refractivity contribution in [2.24, 2.45) is 0 Å². The summed E-state index contributed by atoms with van der Waals surface area (Å²) in [5, 5.41) is 0. The fraction of sp³-hybridized carbons (Fsp3) is 0.407. The normalized spacial score (nSPS) is 14.3. The highest BCUT2D eigenvalue weighted by Crippen LogP contribution is 2.23. The van der Waals surface area contributed by atoms with Gasteiger partial charge in [-0.3, -0.25) is 9.88 Å². The average Bonchev–Trinajstić information content (AvgIpc) is 3.20. The van der Waals surface area contributed by atoms with Gasteiger partial charge >= 0.3 is 6.09 Å². The molecule has 0 spiro atoms. The minimum atomic E-state index is -0.287. The van der Waals surface area contributed by atoms with Crippen molar-refractivity contribution in [2.75, 3.05) is 6.54 Å². The van der Waals surface area contributed by atoms with Gasteiger partial charge in [-0.25, -0.2) is 4.79 Å². The standard InChI is InChI=1S/C23H26N2O3.2C2H6/c1-17(2)6-7-18(3)22-15-25(23(26)28-22)14-19-8-10-20(11-9-19)16-27-21-5-4-12-24-13-21;2*1-2/h4-5,8-13,22H,1,3,6-7,14-16H2,2H3;2*1-2H3. The monoisotopic (exact) mass is 438 g/mol. The highest BCUT2D eigenvalue weighted by atomic mass is 16.6. The van der Waals surface area contributed by atoms with Crippen molar-refractivity contribution in [3.63, 3.8) is 0 Å². The summed E-state index contributed by atoms with van der Waals surface area (Å²) < 4.78 is 11.2. The summed E-state index contributed by atoms with van der Waals surface area (Å²) in [6.07, 6.45) is 4.55. The third-order valence-corrected chi connectivity index (χ3v) is 4.65. The molecule has 1 saturated heterocycles. The molecular weight excluding hydrogens is 400 g/mol. The Labute approximate surface area is 193 Å². The van der Waals surface area contributed by atoms with Crippen molar-refractivity contribution in [2.45, 2.75) is 66.7 Å². The number of hydrogen-bond acceptors (Lipinski definition) is 4. The molecule has 0 bridgehead atoms. The predicted octanol–water partition coefficient (Wildman–Crippen LogP) is 6.95. The number of carbonyl (C=O) groups excluding carboxylic acids is 1. The van der Waals surface area contributed by atoms with E-state index >= 15 is 0 Å². The van der Waals surface area contributed by atoms with Crippen LogP contribution < -0.4 is 4.74 Å². The maximum Gasteiger partial charge on any atom is 0.410 e. The number of cyclic esters (lactones) is 1. The highest BCUT2D eigenvalue weighted by molar-refractivity contribution is 5.70. The van der Waals surface area contributed by atoms with E-state index in [4.69, 9.17) is 9.47 Å². The van der Waals surface area contributed by atoms with Crippen molar-refractivity contribution in [1.29, 1.82) is 0 Å². The Balaban J connectivity index is 0.00000121. The van der Waals surface area contributed by atoms with Gasteiger partial charge in [-0.1, -0.05) is 64.1 Å². The third kappa shape index (κ3) is 8.96. The van der Waals surface area contributed by atoms with Gasteiger partial charge in [0.25, 0.3) is 0 Å². The van der Waals surface area contributed by atoms with Gasteiger partial charge < -0.3 is 9.47 Å². The quantitative estimate of drug-likeness (QED) is 0.398. The number of ether oxygens (including phenoxy) is 2. The topological polar surface area (TPSA) is 51.7 Å². The smallest absolute Gasteiger partial charge is 0.410 e. The van der Waals surface area contributed by atoms with Gasteiger partial charge in [-0.2, -0.15) is 0 Å². The molecule has 2 aromatic rings. The first kappa shape index (κ1) is 27.0. The molecule has 3 rings (SSSR count). The van der Waals surface area contributed by atoms with E-state index in [0.717, 1.165) is 40.9 Å². The summed E-state index contributed by atoms with van der Waals surface area (Å²) >= 11 is 0. The lowest BCUT2D eigenvalue weighted by Crippen LogP contribution is -2.25. The van der Waals surface area contributed by atoms with Crippen molar-refractivity contribution >= 4 is 6.09 Å². The van der Waals surface area contributed by atoms with E-state index < -0.39 is 0 Å². The van der Waals surface area contributed by atoms with Crippen LogP contribution in [0, 0.1) is 0 Å². The SMILES string of the molecule is C=C(C)CCC(=C)C1CN(Cc2ccc(COc3cccnc3)cc2)C(=O)O1.CC.CC. The lowest BCUT2D eigenvalue weighted by molar-refractivity contribution is 0.141. The second-order valence-electron chi connectivity index (χ2n) is 7.16. The Morgan fingerprint density at radius 1 is 1.09 bits per heavy atom. The number of aromatic nitrogens is 1. The van der Waals surface area contributed by atoms with E-state index in [0.29, 0.717) is 19.7 Å². The number of carbonyl (C=O) groups is 1. The van der Waals surface area contributed by atoms with Crippen LogP contribution in [0.4, 0.5) is 4.79 Å². The molecule has 1 unspecified atom stereocenters. The zero-order valence-electron chi connectivity index (χ0n) is 20.3. The van der Waals surface area contributed by atoms with Gasteiger partial charge in [0, 0.05) is 12.7 Å². The lowest BCUT2D eigenvalue weighted by atomic mass is 10.0. The summed E-state index contributed by atoms with van der Waals surface area (Å²) in [5.74, 6) is 0.740. The molecule has 2 heterocycles. The van der Waals surface area contributed by atoms with E-state index in [-0.39, 0.29) is 12.2 Å². The highest BCUT2D eigenvalue weighted by Gasteiger charge is 2.32. The molecule has 1 aromatic carbocycles. The molecule has 1 fully saturated rings. The van der Waals surface area contributed by atoms with Crippen LogP contribution >= 0.6 is 0 Å². The van der Waals surface area contributed by atoms with Crippen LogP contribution in [0.5, 0.6) is 5.75 Å². The molecule has 5 nitrogen and oxygen atoms in total. The second-order valence-corrected chi connectivity index (χ2v) is 7.16. The van der Waals surface area contributed by atoms with Crippen LogP contribution in [-0.4, -0.2) is 28.6 Å². The Hall–Kier alpha value is -3.08. The zero-order valence-corrected chi connectivity index (χ0v) is 20.3. The zero-order chi connectivity index (χ0) is 23.9. The lowest BCUT2D eigenvalue weighted by Gasteiger charge is -2.14. The molecule has 1 atom stereocenters. The summed E-state index contributed by atoms with van der Waals surface area (Å²) in [6.45, 7) is 19.5. The summed E-state index contributed by atoms with van der Waals surface area (Å²) in [5.41, 5.74) is 4.16. The van der Waals surface area contributed by atoms with E-state index in [9.17, 15) is 4.79 Å². The Morgan fingerprint density at radius 2 is 1.75 bits per heavy atom. The molecule has 5 heteroatoms. The number of allylic oxidation sites excluding steroid dienone is 1. The third-order valence-electron chi connectivity index (χ3n) is 4.65. The molecule has 0 radical (unpaired) electrons. The number of rotatable bonds is 9. The summed E-state index contributed by atoms with van der Waals surface area (Å²) in [7, 11) is 0. The molecule has 0 saturated carbocycles. The van der Waals surface area contributed by atoms with Crippen molar-refractivity contribution in [1.82, 2.24) is 9.88 Å². The number of amides is 1. The Kier molecular flexibility index (Phi) is 12.5. The van der Waals surface area contributed by atoms with Crippen molar-refractivity contribution in [3.8, 4) is 5.75 Å². The van der Waals surface area contributed by atoms with Gasteiger partial charge in [0.1, 0.15) is 18.5 Å². The van der Waals surface area contributed by atoms with E-state index in [1.807, 2.05) is 71.0 Å². The van der Waals surface area contributed by atoms with Crippen LogP contribution in [0.25, 0.3) is 0 Å². The number of benzene rings is 1. The number of nitrogens with zero attached hydrogens (tertiary/aromatic N) is 2. The molecule has 1 aliphatic heterocycles. The molecule has 1 aromatic heterocycles. The average molecular weight is 439 g/mol. The number of hydrogen-bond donors (Lipinski definition) is 0. The summed E-state index contributed by atoms with van der Waals surface area (Å²) in [4.78, 5) is 17.9. The molecule has 1 amide bonds. The van der Waals surface area contributed by atoms with Crippen LogP contribution in [-0.2, 0) is 17.9 Å². The first-order valence-electron chi connectivity index (χ1n) is 11.4. The van der Waals surface area contributed by atoms with Gasteiger partial charge in [-0.15, -0.1) is 6.58 Å². The van der Waals surface area contributed by atoms with Gasteiger partial charge in [0.15, 0.2) is 0 Å². The molecule has 1 aliphatic rings. The fourth-order valence-corrected chi connectivity index (χ4v) is 2.95. The Bertz CT molecular complexity index is 832. The maximum atomic E-state index is 12.2. The molecule has 0 N–H and O–H groups in total. The first-order valence-corrected chi connectivity index (χ1v) is 11.4. The maximum absolute atomic E-state index is 12.2. The van der Waals surface area contributed by atoms with E-state index in [2.05, 4.69) is 18.1 Å². The number of pyridine rings is 1.